The van der Waals surface area contributed by atoms with E-state index in [1.54, 1.807) is 13.0 Å². The van der Waals surface area contributed by atoms with Crippen molar-refractivity contribution in [1.29, 1.82) is 0 Å². The van der Waals surface area contributed by atoms with Crippen molar-refractivity contribution in [3.8, 4) is 0 Å². The molecule has 0 saturated carbocycles. The molecule has 90 valence electrons. The van der Waals surface area contributed by atoms with Gasteiger partial charge in [-0.15, -0.1) is 6.58 Å². The summed E-state index contributed by atoms with van der Waals surface area (Å²) < 4.78 is 5.27. The lowest BCUT2D eigenvalue weighted by atomic mass is 9.87. The Morgan fingerprint density at radius 1 is 1.62 bits per heavy atom. The molecule has 0 unspecified atom stereocenters. The highest BCUT2D eigenvalue weighted by Crippen LogP contribution is 2.25. The van der Waals surface area contributed by atoms with Gasteiger partial charge in [0.2, 0.25) is 0 Å². The van der Waals surface area contributed by atoms with E-state index in [-0.39, 0.29) is 23.9 Å². The van der Waals surface area contributed by atoms with Crippen LogP contribution in [0.15, 0.2) is 24.3 Å². The molecule has 1 heterocycles. The lowest BCUT2D eigenvalue weighted by molar-refractivity contribution is -0.150. The first kappa shape index (κ1) is 13.0. The number of esters is 1. The molecule has 1 aliphatic rings. The van der Waals surface area contributed by atoms with Crippen molar-refractivity contribution in [1.82, 2.24) is 0 Å². The first-order chi connectivity index (χ1) is 7.47. The van der Waals surface area contributed by atoms with E-state index in [4.69, 9.17) is 4.74 Å². The average Bonchev–Trinajstić information content (AvgIpc) is 2.29. The highest BCUT2D eigenvalue weighted by atomic mass is 16.5. The number of ether oxygens (including phenoxy) is 1. The third-order valence-electron chi connectivity index (χ3n) is 3.27. The largest absolute Gasteiger partial charge is 0.458 e. The van der Waals surface area contributed by atoms with Gasteiger partial charge < -0.3 is 9.84 Å². The third kappa shape index (κ3) is 2.73. The molecule has 3 heteroatoms. The van der Waals surface area contributed by atoms with E-state index in [1.807, 2.05) is 19.9 Å². The highest BCUT2D eigenvalue weighted by Gasteiger charge is 2.31. The van der Waals surface area contributed by atoms with Gasteiger partial charge in [0.15, 0.2) is 0 Å². The Morgan fingerprint density at radius 3 is 2.75 bits per heavy atom. The second-order valence-corrected chi connectivity index (χ2v) is 4.51. The molecular weight excluding hydrogens is 204 g/mol. The molecule has 1 N–H and O–H groups in total. The average molecular weight is 224 g/mol. The SMILES string of the molecule is C=C[C@@H](C)[C@@H](O)[C@@H](C)[C@H]1CC=C(C)C(=O)O1. The van der Waals surface area contributed by atoms with Gasteiger partial charge in [0.05, 0.1) is 6.10 Å². The summed E-state index contributed by atoms with van der Waals surface area (Å²) in [6, 6.07) is 0. The van der Waals surface area contributed by atoms with Crippen molar-refractivity contribution >= 4 is 5.97 Å². The van der Waals surface area contributed by atoms with Crippen LogP contribution in [-0.2, 0) is 9.53 Å². The lowest BCUT2D eigenvalue weighted by Gasteiger charge is -2.31. The zero-order valence-corrected chi connectivity index (χ0v) is 10.1. The predicted molar refractivity (Wildman–Crippen MR) is 62.8 cm³/mol. The molecule has 0 aromatic carbocycles. The minimum Gasteiger partial charge on any atom is -0.458 e. The standard InChI is InChI=1S/C13H20O3/c1-5-8(2)12(14)10(4)11-7-6-9(3)13(15)16-11/h5-6,8,10-12,14H,1,7H2,2-4H3/t8-,10+,11-,12-/m1/s1. The highest BCUT2D eigenvalue weighted by molar-refractivity contribution is 5.88. The van der Waals surface area contributed by atoms with Gasteiger partial charge in [0.1, 0.15) is 6.10 Å². The molecule has 0 saturated heterocycles. The molecular formula is C13H20O3. The molecule has 0 aliphatic carbocycles. The van der Waals surface area contributed by atoms with Crippen LogP contribution in [0.3, 0.4) is 0 Å². The van der Waals surface area contributed by atoms with Gasteiger partial charge in [-0.3, -0.25) is 0 Å². The number of aliphatic hydroxyl groups is 1. The number of hydrogen-bond acceptors (Lipinski definition) is 3. The molecule has 4 atom stereocenters. The third-order valence-corrected chi connectivity index (χ3v) is 3.27. The molecule has 1 rings (SSSR count). The van der Waals surface area contributed by atoms with E-state index < -0.39 is 6.10 Å². The molecule has 0 fully saturated rings. The maximum atomic E-state index is 11.4. The number of hydrogen-bond donors (Lipinski definition) is 1. The van der Waals surface area contributed by atoms with Crippen molar-refractivity contribution in [3.05, 3.63) is 24.3 Å². The van der Waals surface area contributed by atoms with E-state index in [2.05, 4.69) is 6.58 Å². The topological polar surface area (TPSA) is 46.5 Å². The van der Waals surface area contributed by atoms with E-state index in [9.17, 15) is 9.90 Å². The van der Waals surface area contributed by atoms with Gasteiger partial charge in [-0.05, 0) is 6.92 Å². The minimum atomic E-state index is -0.526. The van der Waals surface area contributed by atoms with Crippen LogP contribution in [-0.4, -0.2) is 23.3 Å². The fourth-order valence-electron chi connectivity index (χ4n) is 1.81. The van der Waals surface area contributed by atoms with Gasteiger partial charge in [-0.2, -0.15) is 0 Å². The molecule has 0 radical (unpaired) electrons. The van der Waals surface area contributed by atoms with E-state index in [1.165, 1.54) is 0 Å². The predicted octanol–water partition coefficient (Wildman–Crippen LogP) is 2.07. The minimum absolute atomic E-state index is 0.000653. The van der Waals surface area contributed by atoms with Crippen LogP contribution in [0.2, 0.25) is 0 Å². The molecule has 0 bridgehead atoms. The molecule has 16 heavy (non-hydrogen) atoms. The first-order valence-corrected chi connectivity index (χ1v) is 5.65. The molecule has 0 aromatic heterocycles. The zero-order chi connectivity index (χ0) is 12.3. The Hall–Kier alpha value is -1.09. The Morgan fingerprint density at radius 2 is 2.25 bits per heavy atom. The summed E-state index contributed by atoms with van der Waals surface area (Å²) in [7, 11) is 0. The van der Waals surface area contributed by atoms with Crippen LogP contribution in [0, 0.1) is 11.8 Å². The molecule has 0 amide bonds. The fourth-order valence-corrected chi connectivity index (χ4v) is 1.81. The second-order valence-electron chi connectivity index (χ2n) is 4.51. The Balaban J connectivity index is 2.65. The van der Waals surface area contributed by atoms with Crippen molar-refractivity contribution < 1.29 is 14.6 Å². The molecule has 0 aromatic rings. The van der Waals surface area contributed by atoms with Crippen LogP contribution in [0.1, 0.15) is 27.2 Å². The Bertz CT molecular complexity index is 306. The number of carbonyl (C=O) groups is 1. The van der Waals surface area contributed by atoms with E-state index in [0.29, 0.717) is 12.0 Å². The summed E-state index contributed by atoms with van der Waals surface area (Å²) in [4.78, 5) is 11.4. The summed E-state index contributed by atoms with van der Waals surface area (Å²) in [5, 5.41) is 10.0. The van der Waals surface area contributed by atoms with Crippen LogP contribution >= 0.6 is 0 Å². The van der Waals surface area contributed by atoms with Gasteiger partial charge in [0, 0.05) is 23.8 Å². The van der Waals surface area contributed by atoms with Crippen molar-refractivity contribution in [2.75, 3.05) is 0 Å². The van der Waals surface area contributed by atoms with Crippen LogP contribution < -0.4 is 0 Å². The second kappa shape index (κ2) is 5.30. The van der Waals surface area contributed by atoms with E-state index >= 15 is 0 Å². The number of cyclic esters (lactones) is 1. The maximum absolute atomic E-state index is 11.4. The smallest absolute Gasteiger partial charge is 0.333 e. The zero-order valence-electron chi connectivity index (χ0n) is 10.1. The lowest BCUT2D eigenvalue weighted by Crippen LogP contribution is -2.37. The van der Waals surface area contributed by atoms with Gasteiger partial charge in [-0.25, -0.2) is 4.79 Å². The summed E-state index contributed by atoms with van der Waals surface area (Å²) in [6.45, 7) is 9.20. The Labute approximate surface area is 96.8 Å². The summed E-state index contributed by atoms with van der Waals surface area (Å²) >= 11 is 0. The van der Waals surface area contributed by atoms with Crippen molar-refractivity contribution in [3.63, 3.8) is 0 Å². The maximum Gasteiger partial charge on any atom is 0.333 e. The number of rotatable bonds is 4. The van der Waals surface area contributed by atoms with Crippen LogP contribution in [0.4, 0.5) is 0 Å². The van der Waals surface area contributed by atoms with Gasteiger partial charge in [-0.1, -0.05) is 26.0 Å². The monoisotopic (exact) mass is 224 g/mol. The number of aliphatic hydroxyl groups excluding tert-OH is 1. The quantitative estimate of drug-likeness (QED) is 0.587. The first-order valence-electron chi connectivity index (χ1n) is 5.65. The van der Waals surface area contributed by atoms with Gasteiger partial charge >= 0.3 is 5.97 Å². The van der Waals surface area contributed by atoms with Crippen LogP contribution in [0.5, 0.6) is 0 Å². The van der Waals surface area contributed by atoms with Gasteiger partial charge in [0.25, 0.3) is 0 Å². The normalized spacial score (nSPS) is 26.4. The Kier molecular flexibility index (Phi) is 4.30. The molecule has 0 spiro atoms. The summed E-state index contributed by atoms with van der Waals surface area (Å²) in [5.41, 5.74) is 0.648. The summed E-state index contributed by atoms with van der Waals surface area (Å²) in [6.07, 6.45) is 3.51. The van der Waals surface area contributed by atoms with Crippen molar-refractivity contribution in [2.45, 2.75) is 39.4 Å². The number of carbonyl (C=O) groups excluding carboxylic acids is 1. The molecule has 1 aliphatic heterocycles. The van der Waals surface area contributed by atoms with Crippen LogP contribution in [0.25, 0.3) is 0 Å². The fraction of sp³-hybridized carbons (Fsp3) is 0.615. The van der Waals surface area contributed by atoms with Crippen molar-refractivity contribution in [2.24, 2.45) is 11.8 Å². The summed E-state index contributed by atoms with van der Waals surface area (Å²) in [5.74, 6) is -0.358. The molecule has 3 nitrogen and oxygen atoms in total. The van der Waals surface area contributed by atoms with E-state index in [0.717, 1.165) is 0 Å².